The Morgan fingerprint density at radius 2 is 1.31 bits per heavy atom. The minimum atomic E-state index is -0.336. The summed E-state index contributed by atoms with van der Waals surface area (Å²) in [6.07, 6.45) is 2.61. The van der Waals surface area contributed by atoms with Crippen molar-refractivity contribution in [1.29, 1.82) is 5.26 Å². The second-order valence-corrected chi connectivity index (χ2v) is 17.2. The number of amidine groups is 2. The van der Waals surface area contributed by atoms with E-state index in [2.05, 4.69) is 164 Å². The highest BCUT2D eigenvalue weighted by Gasteiger charge is 2.28. The van der Waals surface area contributed by atoms with Crippen LogP contribution in [0.2, 0.25) is 0 Å². The molecule has 1 aliphatic heterocycles. The molecule has 0 amide bonds. The first-order chi connectivity index (χ1) is 29.1. The molecule has 1 atom stereocenters. The van der Waals surface area contributed by atoms with Crippen molar-refractivity contribution >= 4 is 70.2 Å². The van der Waals surface area contributed by atoms with Gasteiger partial charge in [0.25, 0.3) is 0 Å². The molecule has 0 radical (unpaired) electrons. The Labute approximate surface area is 350 Å². The van der Waals surface area contributed by atoms with Crippen LogP contribution >= 0.6 is 22.7 Å². The van der Waals surface area contributed by atoms with Crippen molar-refractivity contribution in [3.05, 3.63) is 209 Å². The zero-order valence-electron chi connectivity index (χ0n) is 31.8. The van der Waals surface area contributed by atoms with E-state index in [1.165, 1.54) is 29.7 Å². The summed E-state index contributed by atoms with van der Waals surface area (Å²) in [5, 5.41) is 17.6. The minimum Gasteiger partial charge on any atom is -0.344 e. The lowest BCUT2D eigenvalue weighted by molar-refractivity contribution is 0.675. The van der Waals surface area contributed by atoms with Crippen LogP contribution in [0.3, 0.4) is 0 Å². The van der Waals surface area contributed by atoms with Gasteiger partial charge in [0.1, 0.15) is 12.0 Å². The monoisotopic (exact) mass is 790 g/mol. The van der Waals surface area contributed by atoms with Crippen molar-refractivity contribution in [3.63, 3.8) is 0 Å². The van der Waals surface area contributed by atoms with Crippen LogP contribution < -0.4 is 5.32 Å². The molecule has 7 aromatic carbocycles. The summed E-state index contributed by atoms with van der Waals surface area (Å²) in [5.74, 6) is 1.45. The Morgan fingerprint density at radius 1 is 0.610 bits per heavy atom. The number of nitrogens with one attached hydrogen (secondary N) is 1. The number of allylic oxidation sites excluding steroid dienone is 2. The molecule has 59 heavy (non-hydrogen) atoms. The van der Waals surface area contributed by atoms with Gasteiger partial charge >= 0.3 is 0 Å². The van der Waals surface area contributed by atoms with Gasteiger partial charge in [-0.05, 0) is 93.1 Å². The molecule has 3 heterocycles. The second kappa shape index (κ2) is 14.3. The summed E-state index contributed by atoms with van der Waals surface area (Å²) >= 11 is 3.61. The lowest BCUT2D eigenvalue weighted by Gasteiger charge is -2.26. The molecule has 4 nitrogen and oxygen atoms in total. The van der Waals surface area contributed by atoms with Crippen LogP contribution in [0.4, 0.5) is 0 Å². The maximum absolute atomic E-state index is 10.3. The van der Waals surface area contributed by atoms with Crippen molar-refractivity contribution < 1.29 is 0 Å². The third-order valence-electron chi connectivity index (χ3n) is 11.2. The average molecular weight is 791 g/mol. The molecule has 0 spiro atoms. The van der Waals surface area contributed by atoms with Gasteiger partial charge < -0.3 is 5.32 Å². The summed E-state index contributed by atoms with van der Waals surface area (Å²) in [5.41, 5.74) is 12.4. The molecule has 0 fully saturated rings. The van der Waals surface area contributed by atoms with Crippen LogP contribution in [0, 0.1) is 11.3 Å². The van der Waals surface area contributed by atoms with Gasteiger partial charge in [-0.25, -0.2) is 9.98 Å². The average Bonchev–Trinajstić information content (AvgIpc) is 3.87. The van der Waals surface area contributed by atoms with E-state index in [0.29, 0.717) is 11.4 Å². The van der Waals surface area contributed by atoms with Crippen LogP contribution in [0.25, 0.3) is 69.2 Å². The van der Waals surface area contributed by atoms with Crippen molar-refractivity contribution in [2.24, 2.45) is 9.98 Å². The molecule has 1 aliphatic carbocycles. The van der Waals surface area contributed by atoms with Crippen LogP contribution in [0.1, 0.15) is 33.3 Å². The van der Waals surface area contributed by atoms with Crippen LogP contribution in [0.5, 0.6) is 0 Å². The number of hydrogen-bond donors (Lipinski definition) is 1. The molecule has 0 saturated carbocycles. The second-order valence-electron chi connectivity index (χ2n) is 15.0. The summed E-state index contributed by atoms with van der Waals surface area (Å²) in [7, 11) is 0. The molecular weight excluding hydrogens is 757 g/mol. The first-order valence-electron chi connectivity index (χ1n) is 19.6. The number of aliphatic imine (C=N–C) groups is 2. The number of rotatable bonds is 6. The highest BCUT2D eigenvalue weighted by atomic mass is 32.1. The van der Waals surface area contributed by atoms with Gasteiger partial charge in [0, 0.05) is 58.3 Å². The zero-order chi connectivity index (χ0) is 39.5. The molecule has 6 heteroatoms. The predicted octanol–water partition coefficient (Wildman–Crippen LogP) is 13.8. The van der Waals surface area contributed by atoms with E-state index in [1.807, 2.05) is 35.6 Å². The minimum absolute atomic E-state index is 0.336. The molecule has 1 unspecified atom stereocenters. The van der Waals surface area contributed by atoms with Crippen LogP contribution in [-0.2, 0) is 6.42 Å². The predicted molar refractivity (Wildman–Crippen MR) is 249 cm³/mol. The summed E-state index contributed by atoms with van der Waals surface area (Å²) < 4.78 is 3.69. The smallest absolute Gasteiger partial charge is 0.160 e. The Hall–Kier alpha value is -7.17. The van der Waals surface area contributed by atoms with E-state index in [9.17, 15) is 5.26 Å². The molecule has 0 saturated heterocycles. The third kappa shape index (κ3) is 6.29. The van der Waals surface area contributed by atoms with Crippen molar-refractivity contribution in [3.8, 4) is 39.4 Å². The maximum Gasteiger partial charge on any atom is 0.160 e. The Bertz CT molecular complexity index is 3300. The number of fused-ring (bicyclic) bond motifs is 6. The SMILES string of the molecule is C=C1C=C(C2=NC(c3ccccc3)NC(c3cccc(-c4ccccc4)c3)=N2)c2c(sc3ccc(-c4cc(C#N)cc(-c5cccc6c5sc5ccccc56)c4)cc23)C1. The summed E-state index contributed by atoms with van der Waals surface area (Å²) in [6, 6.07) is 59.8. The van der Waals surface area contributed by atoms with E-state index in [4.69, 9.17) is 9.98 Å². The van der Waals surface area contributed by atoms with Gasteiger partial charge in [-0.1, -0.05) is 128 Å². The highest BCUT2D eigenvalue weighted by molar-refractivity contribution is 7.26. The van der Waals surface area contributed by atoms with Crippen LogP contribution in [-0.4, -0.2) is 11.7 Å². The Kier molecular flexibility index (Phi) is 8.51. The lowest BCUT2D eigenvalue weighted by Crippen LogP contribution is -2.33. The van der Waals surface area contributed by atoms with Gasteiger partial charge in [0.2, 0.25) is 0 Å². The van der Waals surface area contributed by atoms with Gasteiger partial charge in [0.15, 0.2) is 5.84 Å². The van der Waals surface area contributed by atoms with E-state index >= 15 is 0 Å². The normalized spacial score (nSPS) is 15.0. The van der Waals surface area contributed by atoms with Crippen molar-refractivity contribution in [1.82, 2.24) is 5.32 Å². The fourth-order valence-corrected chi connectivity index (χ4v) is 10.9. The molecule has 278 valence electrons. The molecular formula is C53H34N4S2. The molecule has 2 aliphatic rings. The fraction of sp³-hybridized carbons (Fsp3) is 0.0377. The maximum atomic E-state index is 10.3. The summed E-state index contributed by atoms with van der Waals surface area (Å²) in [6.45, 7) is 4.47. The molecule has 11 rings (SSSR count). The standard InChI is InChI=1S/C53H34N4S2/c1-32-24-45(53-56-51(35-14-6-3-7-15-35)55-52(57-53)38-17-10-16-36(28-38)34-12-4-2-5-13-34)49-44-30-37(22-23-47(44)58-48(49)25-32)39-26-33(31-54)27-40(29-39)41-19-11-20-43-42-18-8-9-21-46(42)59-50(41)43/h2-24,26-30,51H,1,25H2,(H,55,56,57). The van der Waals surface area contributed by atoms with E-state index in [1.54, 1.807) is 11.3 Å². The largest absolute Gasteiger partial charge is 0.344 e. The number of nitriles is 1. The van der Waals surface area contributed by atoms with E-state index in [-0.39, 0.29) is 6.17 Å². The first-order valence-corrected chi connectivity index (χ1v) is 21.3. The Morgan fingerprint density at radius 3 is 2.17 bits per heavy atom. The lowest BCUT2D eigenvalue weighted by atomic mass is 9.89. The van der Waals surface area contributed by atoms with Crippen LogP contribution in [0.15, 0.2) is 192 Å². The third-order valence-corrected chi connectivity index (χ3v) is 13.6. The molecule has 2 aromatic heterocycles. The number of thiophene rings is 2. The summed E-state index contributed by atoms with van der Waals surface area (Å²) in [4.78, 5) is 11.9. The zero-order valence-corrected chi connectivity index (χ0v) is 33.4. The highest BCUT2D eigenvalue weighted by Crippen LogP contribution is 2.45. The van der Waals surface area contributed by atoms with E-state index < -0.39 is 0 Å². The molecule has 0 bridgehead atoms. The molecule has 9 aromatic rings. The van der Waals surface area contributed by atoms with Gasteiger partial charge in [-0.15, -0.1) is 22.7 Å². The quantitative estimate of drug-likeness (QED) is 0.182. The van der Waals surface area contributed by atoms with Crippen molar-refractivity contribution in [2.75, 3.05) is 0 Å². The fourth-order valence-electron chi connectivity index (χ4n) is 8.44. The topological polar surface area (TPSA) is 60.5 Å². The number of nitrogens with zero attached hydrogens (tertiary/aromatic N) is 3. The number of benzene rings is 7. The Balaban J connectivity index is 1.04. The van der Waals surface area contributed by atoms with Gasteiger partial charge in [-0.3, -0.25) is 0 Å². The van der Waals surface area contributed by atoms with Gasteiger partial charge in [0.05, 0.1) is 11.6 Å². The number of hydrogen-bond acceptors (Lipinski definition) is 6. The van der Waals surface area contributed by atoms with Crippen molar-refractivity contribution in [2.45, 2.75) is 12.6 Å². The van der Waals surface area contributed by atoms with Gasteiger partial charge in [-0.2, -0.15) is 5.26 Å². The van der Waals surface area contributed by atoms with E-state index in [0.717, 1.165) is 78.9 Å². The first kappa shape index (κ1) is 35.0. The molecule has 1 N–H and O–H groups in total.